The van der Waals surface area contributed by atoms with Crippen molar-refractivity contribution >= 4 is 21.6 Å². The molecule has 0 unspecified atom stereocenters. The van der Waals surface area contributed by atoms with Crippen LogP contribution in [0.1, 0.15) is 16.7 Å². The summed E-state index contributed by atoms with van der Waals surface area (Å²) in [6, 6.07) is 8.45. The van der Waals surface area contributed by atoms with Gasteiger partial charge in [0, 0.05) is 10.2 Å². The Bertz CT molecular complexity index is 570. The van der Waals surface area contributed by atoms with E-state index in [1.807, 2.05) is 32.0 Å². The number of halogens is 2. The van der Waals surface area contributed by atoms with Crippen LogP contribution in [-0.4, -0.2) is 0 Å². The van der Waals surface area contributed by atoms with E-state index >= 15 is 0 Å². The predicted octanol–water partition coefficient (Wildman–Crippen LogP) is 4.37. The highest BCUT2D eigenvalue weighted by molar-refractivity contribution is 9.10. The second-order valence-electron chi connectivity index (χ2n) is 4.55. The second kappa shape index (κ2) is 5.61. The van der Waals surface area contributed by atoms with Gasteiger partial charge < -0.3 is 10.5 Å². The maximum absolute atomic E-state index is 13.3. The van der Waals surface area contributed by atoms with Crippen molar-refractivity contribution < 1.29 is 9.13 Å². The fourth-order valence-electron chi connectivity index (χ4n) is 2.06. The SMILES string of the molecule is Cc1cc(N)cc(C)c1OCc1cc(F)cc(Br)c1. The van der Waals surface area contributed by atoms with Crippen molar-refractivity contribution in [2.24, 2.45) is 0 Å². The van der Waals surface area contributed by atoms with E-state index in [1.165, 1.54) is 12.1 Å². The first-order valence-corrected chi connectivity index (χ1v) is 6.69. The van der Waals surface area contributed by atoms with Gasteiger partial charge in [0.15, 0.2) is 0 Å². The smallest absolute Gasteiger partial charge is 0.125 e. The summed E-state index contributed by atoms with van der Waals surface area (Å²) in [6.07, 6.45) is 0. The second-order valence-corrected chi connectivity index (χ2v) is 5.47. The standard InChI is InChI=1S/C15H15BrFNO/c1-9-3-14(18)4-10(2)15(9)19-8-11-5-12(16)7-13(17)6-11/h3-7H,8,18H2,1-2H3. The summed E-state index contributed by atoms with van der Waals surface area (Å²) in [7, 11) is 0. The maximum Gasteiger partial charge on any atom is 0.125 e. The first-order valence-electron chi connectivity index (χ1n) is 5.90. The van der Waals surface area contributed by atoms with Gasteiger partial charge in [-0.15, -0.1) is 0 Å². The minimum absolute atomic E-state index is 0.279. The van der Waals surface area contributed by atoms with Crippen molar-refractivity contribution in [2.45, 2.75) is 20.5 Å². The molecule has 4 heteroatoms. The molecule has 0 saturated carbocycles. The molecule has 0 bridgehead atoms. The molecule has 0 atom stereocenters. The fourth-order valence-corrected chi connectivity index (χ4v) is 2.57. The summed E-state index contributed by atoms with van der Waals surface area (Å²) in [5, 5.41) is 0. The normalized spacial score (nSPS) is 10.5. The summed E-state index contributed by atoms with van der Waals surface area (Å²) >= 11 is 3.27. The van der Waals surface area contributed by atoms with Crippen LogP contribution < -0.4 is 10.5 Å². The van der Waals surface area contributed by atoms with Crippen LogP contribution in [0.25, 0.3) is 0 Å². The van der Waals surface area contributed by atoms with Crippen LogP contribution in [0.4, 0.5) is 10.1 Å². The monoisotopic (exact) mass is 323 g/mol. The Kier molecular flexibility index (Phi) is 4.10. The lowest BCUT2D eigenvalue weighted by Crippen LogP contribution is -2.00. The molecule has 19 heavy (non-hydrogen) atoms. The van der Waals surface area contributed by atoms with E-state index in [2.05, 4.69) is 15.9 Å². The predicted molar refractivity (Wildman–Crippen MR) is 78.8 cm³/mol. The number of nitrogens with two attached hydrogens (primary N) is 1. The fraction of sp³-hybridized carbons (Fsp3) is 0.200. The molecular formula is C15H15BrFNO. The van der Waals surface area contributed by atoms with Gasteiger partial charge in [-0.05, 0) is 60.9 Å². The molecule has 2 nitrogen and oxygen atoms in total. The van der Waals surface area contributed by atoms with Gasteiger partial charge in [-0.1, -0.05) is 15.9 Å². The average molecular weight is 324 g/mol. The third kappa shape index (κ3) is 3.47. The van der Waals surface area contributed by atoms with E-state index in [4.69, 9.17) is 10.5 Å². The molecule has 2 aromatic carbocycles. The van der Waals surface area contributed by atoms with Crippen LogP contribution >= 0.6 is 15.9 Å². The Morgan fingerprint density at radius 1 is 1.11 bits per heavy atom. The molecule has 0 fully saturated rings. The van der Waals surface area contributed by atoms with E-state index in [0.717, 1.165) is 28.1 Å². The summed E-state index contributed by atoms with van der Waals surface area (Å²) in [6.45, 7) is 4.21. The molecule has 0 aliphatic heterocycles. The molecule has 100 valence electrons. The lowest BCUT2D eigenvalue weighted by molar-refractivity contribution is 0.301. The highest BCUT2D eigenvalue weighted by atomic mass is 79.9. The van der Waals surface area contributed by atoms with Gasteiger partial charge in [-0.25, -0.2) is 4.39 Å². The molecule has 0 aliphatic carbocycles. The maximum atomic E-state index is 13.3. The summed E-state index contributed by atoms with van der Waals surface area (Å²) < 4.78 is 19.7. The zero-order valence-corrected chi connectivity index (χ0v) is 12.4. The Morgan fingerprint density at radius 2 is 1.74 bits per heavy atom. The van der Waals surface area contributed by atoms with Crippen LogP contribution in [0.15, 0.2) is 34.8 Å². The van der Waals surface area contributed by atoms with Gasteiger partial charge in [0.1, 0.15) is 18.2 Å². The molecule has 2 N–H and O–H groups in total. The summed E-state index contributed by atoms with van der Waals surface area (Å²) in [4.78, 5) is 0. The zero-order valence-electron chi connectivity index (χ0n) is 10.8. The van der Waals surface area contributed by atoms with Crippen molar-refractivity contribution in [1.82, 2.24) is 0 Å². The highest BCUT2D eigenvalue weighted by Gasteiger charge is 2.06. The molecular weight excluding hydrogens is 309 g/mol. The Balaban J connectivity index is 2.19. The lowest BCUT2D eigenvalue weighted by Gasteiger charge is -2.13. The van der Waals surface area contributed by atoms with Crippen LogP contribution in [0.5, 0.6) is 5.75 Å². The third-order valence-electron chi connectivity index (χ3n) is 2.79. The molecule has 0 heterocycles. The molecule has 0 saturated heterocycles. The molecule has 2 aromatic rings. The van der Waals surface area contributed by atoms with Crippen LogP contribution in [0.3, 0.4) is 0 Å². The first kappa shape index (κ1) is 13.9. The lowest BCUT2D eigenvalue weighted by atomic mass is 10.1. The molecule has 0 aromatic heterocycles. The van der Waals surface area contributed by atoms with Crippen molar-refractivity contribution in [3.63, 3.8) is 0 Å². The zero-order chi connectivity index (χ0) is 14.0. The quantitative estimate of drug-likeness (QED) is 0.851. The number of rotatable bonds is 3. The van der Waals surface area contributed by atoms with Gasteiger partial charge in [0.05, 0.1) is 0 Å². The van der Waals surface area contributed by atoms with Gasteiger partial charge in [0.2, 0.25) is 0 Å². The molecule has 0 radical (unpaired) electrons. The highest BCUT2D eigenvalue weighted by Crippen LogP contribution is 2.27. The van der Waals surface area contributed by atoms with E-state index in [0.29, 0.717) is 11.1 Å². The number of hydrogen-bond acceptors (Lipinski definition) is 2. The van der Waals surface area contributed by atoms with Crippen molar-refractivity contribution in [3.8, 4) is 5.75 Å². The van der Waals surface area contributed by atoms with Gasteiger partial charge >= 0.3 is 0 Å². The van der Waals surface area contributed by atoms with Crippen LogP contribution in [0, 0.1) is 19.7 Å². The Hall–Kier alpha value is -1.55. The van der Waals surface area contributed by atoms with Crippen molar-refractivity contribution in [2.75, 3.05) is 5.73 Å². The van der Waals surface area contributed by atoms with Crippen LogP contribution in [0.2, 0.25) is 0 Å². The van der Waals surface area contributed by atoms with Crippen LogP contribution in [-0.2, 0) is 6.61 Å². The van der Waals surface area contributed by atoms with Gasteiger partial charge in [-0.3, -0.25) is 0 Å². The van der Waals surface area contributed by atoms with E-state index in [1.54, 1.807) is 0 Å². The van der Waals surface area contributed by atoms with E-state index < -0.39 is 0 Å². The topological polar surface area (TPSA) is 35.2 Å². The van der Waals surface area contributed by atoms with E-state index in [9.17, 15) is 4.39 Å². The summed E-state index contributed by atoms with van der Waals surface area (Å²) in [5.74, 6) is 0.522. The molecule has 0 aliphatic rings. The minimum Gasteiger partial charge on any atom is -0.488 e. The van der Waals surface area contributed by atoms with Gasteiger partial charge in [0.25, 0.3) is 0 Å². The first-order chi connectivity index (χ1) is 8.95. The Labute approximate surface area is 120 Å². The number of benzene rings is 2. The number of anilines is 1. The average Bonchev–Trinajstić information content (AvgIpc) is 2.25. The molecule has 2 rings (SSSR count). The number of hydrogen-bond donors (Lipinski definition) is 1. The van der Waals surface area contributed by atoms with Crippen molar-refractivity contribution in [1.29, 1.82) is 0 Å². The number of nitrogen functional groups attached to an aromatic ring is 1. The van der Waals surface area contributed by atoms with Crippen molar-refractivity contribution in [3.05, 3.63) is 57.3 Å². The molecule has 0 spiro atoms. The summed E-state index contributed by atoms with van der Waals surface area (Å²) in [5.41, 5.74) is 9.22. The largest absolute Gasteiger partial charge is 0.488 e. The third-order valence-corrected chi connectivity index (χ3v) is 3.25. The molecule has 0 amide bonds. The number of ether oxygens (including phenoxy) is 1. The number of aryl methyl sites for hydroxylation is 2. The van der Waals surface area contributed by atoms with Gasteiger partial charge in [-0.2, -0.15) is 0 Å². The van der Waals surface area contributed by atoms with E-state index in [-0.39, 0.29) is 5.82 Å². The minimum atomic E-state index is -0.279. The Morgan fingerprint density at radius 3 is 2.32 bits per heavy atom.